The molecule has 1 amide bonds. The van der Waals surface area contributed by atoms with Gasteiger partial charge in [-0.15, -0.1) is 0 Å². The third-order valence-corrected chi connectivity index (χ3v) is 4.85. The fourth-order valence-corrected chi connectivity index (χ4v) is 3.49. The molecule has 0 bridgehead atoms. The molecule has 1 aromatic heterocycles. The van der Waals surface area contributed by atoms with Gasteiger partial charge in [-0.1, -0.05) is 29.8 Å². The van der Waals surface area contributed by atoms with Gasteiger partial charge in [-0.05, 0) is 43.7 Å². The first kappa shape index (κ1) is 17.0. The number of hydrogen-bond donors (Lipinski definition) is 0. The summed E-state index contributed by atoms with van der Waals surface area (Å²) in [5, 5.41) is 13.8. The smallest absolute Gasteiger partial charge is 0.254 e. The van der Waals surface area contributed by atoms with Crippen LogP contribution in [-0.2, 0) is 13.1 Å². The van der Waals surface area contributed by atoms with Crippen molar-refractivity contribution in [2.24, 2.45) is 0 Å². The van der Waals surface area contributed by atoms with Gasteiger partial charge in [-0.25, -0.2) is 0 Å². The molecule has 0 fully saturated rings. The van der Waals surface area contributed by atoms with Crippen LogP contribution >= 0.6 is 0 Å². The van der Waals surface area contributed by atoms with E-state index in [1.165, 1.54) is 5.56 Å². The summed E-state index contributed by atoms with van der Waals surface area (Å²) in [7, 11) is 0. The number of nitrogens with zero attached hydrogens (tertiary/aromatic N) is 4. The Balaban J connectivity index is 1.61. The highest BCUT2D eigenvalue weighted by atomic mass is 16.2. The highest BCUT2D eigenvalue weighted by molar-refractivity contribution is 5.94. The van der Waals surface area contributed by atoms with Crippen molar-refractivity contribution in [3.05, 3.63) is 77.0 Å². The van der Waals surface area contributed by atoms with E-state index < -0.39 is 0 Å². The van der Waals surface area contributed by atoms with Gasteiger partial charge in [0, 0.05) is 24.2 Å². The minimum absolute atomic E-state index is 0.0427. The number of carbonyl (C=O) groups excluding carboxylic acids is 1. The lowest BCUT2D eigenvalue weighted by molar-refractivity contribution is 0.0745. The van der Waals surface area contributed by atoms with Crippen molar-refractivity contribution in [1.29, 1.82) is 5.26 Å². The molecule has 0 spiro atoms. The Bertz CT molecular complexity index is 1040. The standard InChI is InChI=1S/C22H20N4O/c1-16-5-2-7-18(11-16)21-13-20-15-25(9-4-10-26(20)24-21)22(27)19-8-3-6-17(12-19)14-23/h2-3,5-8,11-13H,4,9-10,15H2,1H3. The molecule has 0 saturated carbocycles. The maximum Gasteiger partial charge on any atom is 0.254 e. The molecule has 3 aromatic rings. The number of fused-ring (bicyclic) bond motifs is 1. The molecule has 2 aromatic carbocycles. The van der Waals surface area contributed by atoms with Crippen molar-refractivity contribution in [2.75, 3.05) is 6.54 Å². The first-order valence-electron chi connectivity index (χ1n) is 9.07. The van der Waals surface area contributed by atoms with Crippen LogP contribution in [0.5, 0.6) is 0 Å². The van der Waals surface area contributed by atoms with E-state index in [0.717, 1.165) is 29.9 Å². The summed E-state index contributed by atoms with van der Waals surface area (Å²) in [4.78, 5) is 14.8. The van der Waals surface area contributed by atoms with Gasteiger partial charge in [0.2, 0.25) is 0 Å². The largest absolute Gasteiger partial charge is 0.333 e. The molecule has 0 saturated heterocycles. The molecular weight excluding hydrogens is 336 g/mol. The number of hydrogen-bond acceptors (Lipinski definition) is 3. The summed E-state index contributed by atoms with van der Waals surface area (Å²) in [6.45, 7) is 4.07. The predicted octanol–water partition coefficient (Wildman–Crippen LogP) is 3.78. The number of rotatable bonds is 2. The van der Waals surface area contributed by atoms with Crippen LogP contribution in [0.15, 0.2) is 54.6 Å². The van der Waals surface area contributed by atoms with Gasteiger partial charge in [0.15, 0.2) is 0 Å². The average Bonchev–Trinajstić information content (AvgIpc) is 2.99. The van der Waals surface area contributed by atoms with Crippen molar-refractivity contribution >= 4 is 5.91 Å². The molecule has 0 atom stereocenters. The zero-order valence-corrected chi connectivity index (χ0v) is 15.2. The number of aryl methyl sites for hydroxylation is 2. The van der Waals surface area contributed by atoms with Gasteiger partial charge in [-0.3, -0.25) is 9.48 Å². The minimum atomic E-state index is -0.0427. The predicted molar refractivity (Wildman–Crippen MR) is 103 cm³/mol. The highest BCUT2D eigenvalue weighted by Crippen LogP contribution is 2.23. The molecule has 0 unspecified atom stereocenters. The lowest BCUT2D eigenvalue weighted by Gasteiger charge is -2.20. The number of nitriles is 1. The Morgan fingerprint density at radius 2 is 1.96 bits per heavy atom. The van der Waals surface area contributed by atoms with Crippen LogP contribution in [-0.4, -0.2) is 27.1 Å². The van der Waals surface area contributed by atoms with E-state index in [4.69, 9.17) is 10.4 Å². The van der Waals surface area contributed by atoms with Crippen molar-refractivity contribution in [2.45, 2.75) is 26.4 Å². The van der Waals surface area contributed by atoms with Gasteiger partial charge in [0.25, 0.3) is 5.91 Å². The molecule has 4 rings (SSSR count). The van der Waals surface area contributed by atoms with E-state index in [2.05, 4.69) is 37.3 Å². The summed E-state index contributed by atoms with van der Waals surface area (Å²) in [6, 6.07) is 19.3. The average molecular weight is 356 g/mol. The van der Waals surface area contributed by atoms with E-state index in [-0.39, 0.29) is 5.91 Å². The van der Waals surface area contributed by atoms with Gasteiger partial charge >= 0.3 is 0 Å². The van der Waals surface area contributed by atoms with E-state index in [0.29, 0.717) is 24.2 Å². The first-order valence-corrected chi connectivity index (χ1v) is 9.07. The van der Waals surface area contributed by atoms with Gasteiger partial charge in [0.05, 0.1) is 29.6 Å². The number of carbonyl (C=O) groups is 1. The lowest BCUT2D eigenvalue weighted by atomic mass is 10.1. The van der Waals surface area contributed by atoms with Gasteiger partial charge in [0.1, 0.15) is 0 Å². The molecule has 27 heavy (non-hydrogen) atoms. The lowest BCUT2D eigenvalue weighted by Crippen LogP contribution is -2.30. The van der Waals surface area contributed by atoms with Crippen molar-refractivity contribution in [1.82, 2.24) is 14.7 Å². The summed E-state index contributed by atoms with van der Waals surface area (Å²) in [6.07, 6.45) is 0.853. The molecule has 5 nitrogen and oxygen atoms in total. The second-order valence-corrected chi connectivity index (χ2v) is 6.89. The Labute approximate surface area is 158 Å². The highest BCUT2D eigenvalue weighted by Gasteiger charge is 2.22. The molecule has 134 valence electrons. The van der Waals surface area contributed by atoms with E-state index >= 15 is 0 Å². The van der Waals surface area contributed by atoms with Crippen molar-refractivity contribution in [3.63, 3.8) is 0 Å². The molecule has 5 heteroatoms. The van der Waals surface area contributed by atoms with Crippen LogP contribution in [0, 0.1) is 18.3 Å². The first-order chi connectivity index (χ1) is 13.1. The number of amides is 1. The zero-order valence-electron chi connectivity index (χ0n) is 15.2. The van der Waals surface area contributed by atoms with Crippen LogP contribution in [0.3, 0.4) is 0 Å². The maximum atomic E-state index is 12.9. The number of benzene rings is 2. The van der Waals surface area contributed by atoms with Gasteiger partial charge in [-0.2, -0.15) is 10.4 Å². The fraction of sp³-hybridized carbons (Fsp3) is 0.227. The molecule has 1 aliphatic rings. The van der Waals surface area contributed by atoms with E-state index in [1.54, 1.807) is 24.3 Å². The van der Waals surface area contributed by atoms with E-state index in [9.17, 15) is 4.79 Å². The molecule has 1 aliphatic heterocycles. The maximum absolute atomic E-state index is 12.9. The fourth-order valence-electron chi connectivity index (χ4n) is 3.49. The second-order valence-electron chi connectivity index (χ2n) is 6.89. The van der Waals surface area contributed by atoms with Crippen LogP contribution in [0.2, 0.25) is 0 Å². The normalized spacial score (nSPS) is 13.6. The van der Waals surface area contributed by atoms with Crippen LogP contribution in [0.25, 0.3) is 11.3 Å². The third-order valence-electron chi connectivity index (χ3n) is 4.85. The molecular formula is C22H20N4O. The van der Waals surface area contributed by atoms with Crippen LogP contribution < -0.4 is 0 Å². The summed E-state index contributed by atoms with van der Waals surface area (Å²) < 4.78 is 2.01. The molecule has 0 N–H and O–H groups in total. The molecule has 0 aliphatic carbocycles. The zero-order chi connectivity index (χ0) is 18.8. The monoisotopic (exact) mass is 356 g/mol. The van der Waals surface area contributed by atoms with Crippen molar-refractivity contribution in [3.8, 4) is 17.3 Å². The van der Waals surface area contributed by atoms with Gasteiger partial charge < -0.3 is 4.90 Å². The summed E-state index contributed by atoms with van der Waals surface area (Å²) in [5.74, 6) is -0.0427. The number of aromatic nitrogens is 2. The quantitative estimate of drug-likeness (QED) is 0.702. The van der Waals surface area contributed by atoms with E-state index in [1.807, 2.05) is 15.6 Å². The molecule has 0 radical (unpaired) electrons. The summed E-state index contributed by atoms with van der Waals surface area (Å²) >= 11 is 0. The SMILES string of the molecule is Cc1cccc(-c2cc3n(n2)CCCN(C(=O)c2cccc(C#N)c2)C3)c1. The Kier molecular flexibility index (Phi) is 4.47. The second kappa shape index (κ2) is 7.08. The van der Waals surface area contributed by atoms with Crippen LogP contribution in [0.4, 0.5) is 0 Å². The minimum Gasteiger partial charge on any atom is -0.333 e. The van der Waals surface area contributed by atoms with Crippen molar-refractivity contribution < 1.29 is 4.79 Å². The Hall–Kier alpha value is -3.39. The topological polar surface area (TPSA) is 61.9 Å². The third kappa shape index (κ3) is 3.47. The molecule has 2 heterocycles. The Morgan fingerprint density at radius 3 is 2.78 bits per heavy atom. The summed E-state index contributed by atoms with van der Waals surface area (Å²) in [5.41, 5.74) is 5.33. The van der Waals surface area contributed by atoms with Crippen LogP contribution in [0.1, 0.15) is 33.6 Å². The Morgan fingerprint density at radius 1 is 1.11 bits per heavy atom.